The first-order chi connectivity index (χ1) is 11.2. The lowest BCUT2D eigenvalue weighted by atomic mass is 9.98. The van der Waals surface area contributed by atoms with Crippen molar-refractivity contribution in [3.8, 4) is 11.8 Å². The van der Waals surface area contributed by atoms with Crippen molar-refractivity contribution in [1.82, 2.24) is 4.90 Å². The molecule has 0 aromatic heterocycles. The van der Waals surface area contributed by atoms with Gasteiger partial charge in [0, 0.05) is 18.5 Å². The van der Waals surface area contributed by atoms with Gasteiger partial charge in [0.25, 0.3) is 0 Å². The highest BCUT2D eigenvalue weighted by molar-refractivity contribution is 5.48. The fraction of sp³-hybridized carbons (Fsp3) is 0.391. The number of likely N-dealkylation sites (N-methyl/N-ethyl adjacent to an activating group) is 1. The van der Waals surface area contributed by atoms with E-state index in [1.54, 1.807) is 0 Å². The second kappa shape index (κ2) is 11.5. The molecule has 0 radical (unpaired) electrons. The lowest BCUT2D eigenvalue weighted by molar-refractivity contribution is 0.405. The second-order valence-electron chi connectivity index (χ2n) is 6.93. The van der Waals surface area contributed by atoms with E-state index in [9.17, 15) is 0 Å². The maximum Gasteiger partial charge on any atom is 0.0240 e. The predicted molar refractivity (Wildman–Crippen MR) is 110 cm³/mol. The minimum atomic E-state index is 0.0457. The molecule has 0 atom stereocenters. The van der Waals surface area contributed by atoms with Crippen LogP contribution in [0.5, 0.6) is 0 Å². The number of allylic oxidation sites excluding steroid dienone is 7. The summed E-state index contributed by atoms with van der Waals surface area (Å²) in [5.74, 6) is 6.31. The summed E-state index contributed by atoms with van der Waals surface area (Å²) >= 11 is 0. The molecule has 0 aromatic carbocycles. The standard InChI is InChI=1S/C23H33N/c1-9-11-16-22(20(3)4)21(15-10-2)19-24(8)18-14-12-13-17-23(5,6)7/h9-12,14-16H,2-3,18-19H2,1,4-8H3/b11-9-,14-12+,21-15-,22-16+. The van der Waals surface area contributed by atoms with Crippen molar-refractivity contribution in [1.29, 1.82) is 0 Å². The van der Waals surface area contributed by atoms with E-state index in [1.165, 1.54) is 5.57 Å². The Morgan fingerprint density at radius 1 is 1.21 bits per heavy atom. The monoisotopic (exact) mass is 323 g/mol. The minimum Gasteiger partial charge on any atom is -0.298 e. The van der Waals surface area contributed by atoms with Crippen LogP contribution in [0.1, 0.15) is 34.6 Å². The average Bonchev–Trinajstić information content (AvgIpc) is 2.45. The third-order valence-electron chi connectivity index (χ3n) is 3.09. The Labute approximate surface area is 149 Å². The smallest absolute Gasteiger partial charge is 0.0240 e. The molecule has 130 valence electrons. The molecular weight excluding hydrogens is 290 g/mol. The summed E-state index contributed by atoms with van der Waals surface area (Å²) in [6.45, 7) is 20.0. The van der Waals surface area contributed by atoms with Gasteiger partial charge in [-0.05, 0) is 58.9 Å². The number of nitrogens with zero attached hydrogens (tertiary/aromatic N) is 1. The Morgan fingerprint density at radius 2 is 1.88 bits per heavy atom. The zero-order chi connectivity index (χ0) is 18.6. The van der Waals surface area contributed by atoms with Crippen LogP contribution in [0.25, 0.3) is 0 Å². The Hall–Kier alpha value is -2.04. The van der Waals surface area contributed by atoms with Crippen molar-refractivity contribution in [2.75, 3.05) is 20.1 Å². The van der Waals surface area contributed by atoms with Gasteiger partial charge in [-0.1, -0.05) is 67.0 Å². The van der Waals surface area contributed by atoms with Crippen molar-refractivity contribution in [3.63, 3.8) is 0 Å². The topological polar surface area (TPSA) is 3.24 Å². The summed E-state index contributed by atoms with van der Waals surface area (Å²) < 4.78 is 0. The predicted octanol–water partition coefficient (Wildman–Crippen LogP) is 5.71. The van der Waals surface area contributed by atoms with Crippen molar-refractivity contribution >= 4 is 0 Å². The SMILES string of the molecule is C=C\C=C(CN(C)C/C=C/C#CC(C)(C)C)/C(=C/C=C\C)C(=C)C. The van der Waals surface area contributed by atoms with Crippen LogP contribution in [-0.2, 0) is 0 Å². The minimum absolute atomic E-state index is 0.0457. The van der Waals surface area contributed by atoms with Crippen LogP contribution in [-0.4, -0.2) is 25.0 Å². The fourth-order valence-electron chi connectivity index (χ4n) is 1.99. The van der Waals surface area contributed by atoms with E-state index >= 15 is 0 Å². The van der Waals surface area contributed by atoms with Gasteiger partial charge in [0.1, 0.15) is 0 Å². The molecule has 24 heavy (non-hydrogen) atoms. The van der Waals surface area contributed by atoms with Gasteiger partial charge in [-0.15, -0.1) is 0 Å². The average molecular weight is 324 g/mol. The maximum atomic E-state index is 4.10. The molecule has 0 amide bonds. The van der Waals surface area contributed by atoms with Crippen LogP contribution < -0.4 is 0 Å². The van der Waals surface area contributed by atoms with Crippen LogP contribution >= 0.6 is 0 Å². The van der Waals surface area contributed by atoms with Gasteiger partial charge in [-0.3, -0.25) is 4.90 Å². The van der Waals surface area contributed by atoms with Crippen LogP contribution in [0.2, 0.25) is 0 Å². The molecule has 0 fully saturated rings. The van der Waals surface area contributed by atoms with E-state index in [-0.39, 0.29) is 5.41 Å². The maximum absolute atomic E-state index is 4.10. The van der Waals surface area contributed by atoms with E-state index in [1.807, 2.05) is 38.2 Å². The van der Waals surface area contributed by atoms with Gasteiger partial charge in [0.15, 0.2) is 0 Å². The Kier molecular flexibility index (Phi) is 10.5. The van der Waals surface area contributed by atoms with Crippen molar-refractivity contribution < 1.29 is 0 Å². The largest absolute Gasteiger partial charge is 0.298 e. The molecule has 1 nitrogen and oxygen atoms in total. The second-order valence-corrected chi connectivity index (χ2v) is 6.93. The molecule has 0 aromatic rings. The summed E-state index contributed by atoms with van der Waals surface area (Å²) in [5.41, 5.74) is 3.48. The number of hydrogen-bond acceptors (Lipinski definition) is 1. The molecule has 0 bridgehead atoms. The third kappa shape index (κ3) is 10.6. The fourth-order valence-corrected chi connectivity index (χ4v) is 1.99. The summed E-state index contributed by atoms with van der Waals surface area (Å²) in [6.07, 6.45) is 14.1. The first-order valence-electron chi connectivity index (χ1n) is 8.38. The molecule has 0 N–H and O–H groups in total. The molecule has 0 spiro atoms. The van der Waals surface area contributed by atoms with Gasteiger partial charge in [-0.25, -0.2) is 0 Å². The number of rotatable bonds is 8. The van der Waals surface area contributed by atoms with Gasteiger partial charge in [0.2, 0.25) is 0 Å². The summed E-state index contributed by atoms with van der Waals surface area (Å²) in [7, 11) is 2.10. The number of hydrogen-bond donors (Lipinski definition) is 0. The Bertz CT molecular complexity index is 592. The van der Waals surface area contributed by atoms with Crippen LogP contribution in [0, 0.1) is 17.3 Å². The van der Waals surface area contributed by atoms with Gasteiger partial charge < -0.3 is 0 Å². The molecule has 1 heteroatoms. The Morgan fingerprint density at radius 3 is 2.38 bits per heavy atom. The molecule has 0 heterocycles. The highest BCUT2D eigenvalue weighted by Crippen LogP contribution is 2.19. The van der Waals surface area contributed by atoms with Crippen molar-refractivity contribution in [3.05, 3.63) is 72.4 Å². The molecule has 0 saturated heterocycles. The molecular formula is C23H33N. The summed E-state index contributed by atoms with van der Waals surface area (Å²) in [4.78, 5) is 2.25. The van der Waals surface area contributed by atoms with Gasteiger partial charge >= 0.3 is 0 Å². The zero-order valence-electron chi connectivity index (χ0n) is 16.3. The Balaban J connectivity index is 4.98. The zero-order valence-corrected chi connectivity index (χ0v) is 16.3. The van der Waals surface area contributed by atoms with Crippen LogP contribution in [0.15, 0.2) is 72.4 Å². The lowest BCUT2D eigenvalue weighted by Gasteiger charge is -2.19. The van der Waals surface area contributed by atoms with Gasteiger partial charge in [-0.2, -0.15) is 0 Å². The molecule has 0 aliphatic heterocycles. The van der Waals surface area contributed by atoms with E-state index in [0.717, 1.165) is 24.2 Å². The summed E-state index contributed by atoms with van der Waals surface area (Å²) in [6, 6.07) is 0. The van der Waals surface area contributed by atoms with Crippen LogP contribution in [0.4, 0.5) is 0 Å². The van der Waals surface area contributed by atoms with Crippen LogP contribution in [0.3, 0.4) is 0 Å². The van der Waals surface area contributed by atoms with E-state index < -0.39 is 0 Å². The van der Waals surface area contributed by atoms with E-state index in [4.69, 9.17) is 0 Å². The normalized spacial score (nSPS) is 13.5. The summed E-state index contributed by atoms with van der Waals surface area (Å²) in [5, 5.41) is 0. The highest BCUT2D eigenvalue weighted by atomic mass is 15.1. The van der Waals surface area contributed by atoms with Crippen molar-refractivity contribution in [2.24, 2.45) is 5.41 Å². The van der Waals surface area contributed by atoms with E-state index in [2.05, 4.69) is 75.9 Å². The molecule has 0 aliphatic carbocycles. The van der Waals surface area contributed by atoms with Gasteiger partial charge in [0.05, 0.1) is 0 Å². The quantitative estimate of drug-likeness (QED) is 0.408. The molecule has 0 unspecified atom stereocenters. The first kappa shape index (κ1) is 22.0. The lowest BCUT2D eigenvalue weighted by Crippen LogP contribution is -2.22. The van der Waals surface area contributed by atoms with Crippen molar-refractivity contribution in [2.45, 2.75) is 34.6 Å². The van der Waals surface area contributed by atoms with E-state index in [0.29, 0.717) is 0 Å². The molecule has 0 rings (SSSR count). The third-order valence-corrected chi connectivity index (χ3v) is 3.09. The molecule has 0 saturated carbocycles. The highest BCUT2D eigenvalue weighted by Gasteiger charge is 2.07. The first-order valence-corrected chi connectivity index (χ1v) is 8.38. The molecule has 0 aliphatic rings.